The molecule has 1 amide bonds. The molecule has 2 rings (SSSR count). The first-order valence-corrected chi connectivity index (χ1v) is 8.72. The number of amides is 1. The Morgan fingerprint density at radius 1 is 1.48 bits per heavy atom. The number of fused-ring (bicyclic) bond motifs is 1. The topological polar surface area (TPSA) is 93.7 Å². The summed E-state index contributed by atoms with van der Waals surface area (Å²) in [5, 5.41) is 2.66. The van der Waals surface area contributed by atoms with E-state index in [1.165, 1.54) is 18.2 Å². The van der Waals surface area contributed by atoms with Crippen molar-refractivity contribution >= 4 is 21.6 Å². The summed E-state index contributed by atoms with van der Waals surface area (Å²) in [6, 6.07) is 4.34. The molecule has 0 spiro atoms. The van der Waals surface area contributed by atoms with E-state index in [0.29, 0.717) is 31.1 Å². The zero-order valence-electron chi connectivity index (χ0n) is 12.9. The van der Waals surface area contributed by atoms with Crippen LogP contribution in [-0.4, -0.2) is 40.2 Å². The van der Waals surface area contributed by atoms with Crippen LogP contribution in [-0.2, 0) is 19.6 Å². The first-order valence-electron chi connectivity index (χ1n) is 7.24. The summed E-state index contributed by atoms with van der Waals surface area (Å²) in [6.07, 6.45) is 1.54. The minimum atomic E-state index is -3.64. The van der Waals surface area contributed by atoms with Crippen molar-refractivity contribution < 1.29 is 22.7 Å². The van der Waals surface area contributed by atoms with E-state index in [4.69, 9.17) is 9.47 Å². The average Bonchev–Trinajstić information content (AvgIpc) is 2.51. The highest BCUT2D eigenvalue weighted by Gasteiger charge is 2.25. The van der Waals surface area contributed by atoms with Crippen molar-refractivity contribution in [2.24, 2.45) is 0 Å². The highest BCUT2D eigenvalue weighted by molar-refractivity contribution is 7.89. The van der Waals surface area contributed by atoms with Crippen LogP contribution in [0.25, 0.3) is 0 Å². The highest BCUT2D eigenvalue weighted by atomic mass is 32.2. The monoisotopic (exact) mass is 340 g/mol. The lowest BCUT2D eigenvalue weighted by Gasteiger charge is -2.23. The molecule has 7 nitrogen and oxygen atoms in total. The number of carbonyl (C=O) groups excluding carboxylic acids is 1. The second kappa shape index (κ2) is 7.58. The van der Waals surface area contributed by atoms with Crippen LogP contribution in [0.1, 0.15) is 13.3 Å². The maximum atomic E-state index is 12.2. The molecule has 2 N–H and O–H groups in total. The van der Waals surface area contributed by atoms with Gasteiger partial charge in [0.2, 0.25) is 10.0 Å². The summed E-state index contributed by atoms with van der Waals surface area (Å²) in [7, 11) is -3.64. The van der Waals surface area contributed by atoms with Gasteiger partial charge in [0.05, 0.1) is 17.2 Å². The van der Waals surface area contributed by atoms with Crippen LogP contribution in [0.3, 0.4) is 0 Å². The molecule has 0 unspecified atom stereocenters. The van der Waals surface area contributed by atoms with Gasteiger partial charge >= 0.3 is 0 Å². The molecule has 1 atom stereocenters. The van der Waals surface area contributed by atoms with Crippen LogP contribution in [0.15, 0.2) is 35.7 Å². The molecule has 0 fully saturated rings. The molecule has 0 radical (unpaired) electrons. The van der Waals surface area contributed by atoms with Gasteiger partial charge in [-0.15, -0.1) is 6.58 Å². The second-order valence-electron chi connectivity index (χ2n) is 5.02. The molecule has 126 valence electrons. The maximum Gasteiger partial charge on any atom is 0.265 e. The fourth-order valence-corrected chi connectivity index (χ4v) is 3.07. The Morgan fingerprint density at radius 3 is 3.00 bits per heavy atom. The molecule has 8 heteroatoms. The standard InChI is InChI=1S/C15H20N2O5S/c1-3-8-21-9-4-7-16-23(19,20)12-5-6-13-14(10-12)22-11(2)15(18)17-13/h3,5-6,10-11,16H,1,4,7-9H2,2H3,(H,17,18)/t11-/m0/s1. The van der Waals surface area contributed by atoms with E-state index < -0.39 is 16.1 Å². The number of nitrogens with one attached hydrogen (secondary N) is 2. The van der Waals surface area contributed by atoms with Crippen LogP contribution >= 0.6 is 0 Å². The van der Waals surface area contributed by atoms with Crippen molar-refractivity contribution in [1.29, 1.82) is 0 Å². The summed E-state index contributed by atoms with van der Waals surface area (Å²) in [5.74, 6) is 0.0834. The lowest BCUT2D eigenvalue weighted by molar-refractivity contribution is -0.122. The Labute approximate surface area is 135 Å². The van der Waals surface area contributed by atoms with Gasteiger partial charge in [-0.1, -0.05) is 6.08 Å². The summed E-state index contributed by atoms with van der Waals surface area (Å²) < 4.78 is 37.6. The van der Waals surface area contributed by atoms with E-state index in [1.54, 1.807) is 13.0 Å². The maximum absolute atomic E-state index is 12.2. The van der Waals surface area contributed by atoms with Crippen LogP contribution in [0.4, 0.5) is 5.69 Å². The number of ether oxygens (including phenoxy) is 2. The number of hydrogen-bond donors (Lipinski definition) is 2. The second-order valence-corrected chi connectivity index (χ2v) is 6.79. The Hall–Kier alpha value is -1.90. The summed E-state index contributed by atoms with van der Waals surface area (Å²) in [4.78, 5) is 11.6. The molecule has 0 bridgehead atoms. The van der Waals surface area contributed by atoms with Gasteiger partial charge in [-0.2, -0.15) is 0 Å². The molecule has 23 heavy (non-hydrogen) atoms. The molecule has 1 heterocycles. The predicted molar refractivity (Wildman–Crippen MR) is 86.0 cm³/mol. The Bertz CT molecular complexity index is 687. The molecule has 1 aromatic carbocycles. The number of benzene rings is 1. The van der Waals surface area contributed by atoms with Crippen LogP contribution < -0.4 is 14.8 Å². The van der Waals surface area contributed by atoms with Gasteiger partial charge in [0.1, 0.15) is 5.75 Å². The van der Waals surface area contributed by atoms with Crippen LogP contribution in [0, 0.1) is 0 Å². The van der Waals surface area contributed by atoms with Crippen molar-refractivity contribution in [2.75, 3.05) is 25.1 Å². The van der Waals surface area contributed by atoms with Crippen molar-refractivity contribution in [3.05, 3.63) is 30.9 Å². The van der Waals surface area contributed by atoms with E-state index in [1.807, 2.05) is 0 Å². The van der Waals surface area contributed by atoms with E-state index >= 15 is 0 Å². The average molecular weight is 340 g/mol. The third-order valence-corrected chi connectivity index (χ3v) is 4.65. The van der Waals surface area contributed by atoms with Crippen molar-refractivity contribution in [2.45, 2.75) is 24.3 Å². The van der Waals surface area contributed by atoms with Crippen molar-refractivity contribution in [3.63, 3.8) is 0 Å². The van der Waals surface area contributed by atoms with E-state index in [2.05, 4.69) is 16.6 Å². The third-order valence-electron chi connectivity index (χ3n) is 3.19. The highest BCUT2D eigenvalue weighted by Crippen LogP contribution is 2.31. The molecule has 1 aliphatic heterocycles. The zero-order valence-corrected chi connectivity index (χ0v) is 13.7. The van der Waals surface area contributed by atoms with Crippen molar-refractivity contribution in [1.82, 2.24) is 4.72 Å². The molecule has 0 saturated carbocycles. The number of sulfonamides is 1. The fourth-order valence-electron chi connectivity index (χ4n) is 1.98. The molecule has 0 aromatic heterocycles. The molecule has 1 aromatic rings. The van der Waals surface area contributed by atoms with Gasteiger partial charge in [-0.05, 0) is 25.5 Å². The van der Waals surface area contributed by atoms with Gasteiger partial charge < -0.3 is 14.8 Å². The smallest absolute Gasteiger partial charge is 0.265 e. The minimum absolute atomic E-state index is 0.0895. The lowest BCUT2D eigenvalue weighted by atomic mass is 10.2. The number of hydrogen-bond acceptors (Lipinski definition) is 5. The molecular weight excluding hydrogens is 320 g/mol. The third kappa shape index (κ3) is 4.54. The SMILES string of the molecule is C=CCOCCCNS(=O)(=O)c1ccc2c(c1)O[C@@H](C)C(=O)N2. The first kappa shape index (κ1) is 17.5. The van der Waals surface area contributed by atoms with Gasteiger partial charge in [0.15, 0.2) is 6.10 Å². The number of rotatable bonds is 8. The normalized spacial score (nSPS) is 17.1. The van der Waals surface area contributed by atoms with Crippen molar-refractivity contribution in [3.8, 4) is 5.75 Å². The molecular formula is C15H20N2O5S. The number of anilines is 1. The fraction of sp³-hybridized carbons (Fsp3) is 0.400. The summed E-state index contributed by atoms with van der Waals surface area (Å²) in [5.41, 5.74) is 0.463. The van der Waals surface area contributed by atoms with E-state index in [0.717, 1.165) is 0 Å². The van der Waals surface area contributed by atoms with Crippen LogP contribution in [0.2, 0.25) is 0 Å². The van der Waals surface area contributed by atoms with Crippen LogP contribution in [0.5, 0.6) is 5.75 Å². The van der Waals surface area contributed by atoms with Gasteiger partial charge in [0, 0.05) is 19.2 Å². The molecule has 0 aliphatic carbocycles. The minimum Gasteiger partial charge on any atom is -0.479 e. The molecule has 0 saturated heterocycles. The Morgan fingerprint density at radius 2 is 2.26 bits per heavy atom. The molecule has 1 aliphatic rings. The quantitative estimate of drug-likeness (QED) is 0.549. The summed E-state index contributed by atoms with van der Waals surface area (Å²) in [6.45, 7) is 6.29. The summed E-state index contributed by atoms with van der Waals surface area (Å²) >= 11 is 0. The van der Waals surface area contributed by atoms with E-state index in [-0.39, 0.29) is 17.3 Å². The zero-order chi connectivity index (χ0) is 16.9. The Balaban J connectivity index is 1.99. The predicted octanol–water partition coefficient (Wildman–Crippen LogP) is 1.28. The van der Waals surface area contributed by atoms with E-state index in [9.17, 15) is 13.2 Å². The Kier molecular flexibility index (Phi) is 5.75. The largest absolute Gasteiger partial charge is 0.479 e. The first-order chi connectivity index (χ1) is 10.9. The van der Waals surface area contributed by atoms with Gasteiger partial charge in [-0.25, -0.2) is 13.1 Å². The van der Waals surface area contributed by atoms with Gasteiger partial charge in [-0.3, -0.25) is 4.79 Å². The van der Waals surface area contributed by atoms with Gasteiger partial charge in [0.25, 0.3) is 5.91 Å². The lowest BCUT2D eigenvalue weighted by Crippen LogP contribution is -2.34. The number of carbonyl (C=O) groups is 1.